The summed E-state index contributed by atoms with van der Waals surface area (Å²) < 4.78 is 10.5. The molecule has 1 saturated heterocycles. The molecule has 0 saturated carbocycles. The van der Waals surface area contributed by atoms with E-state index < -0.39 is 5.97 Å². The molecule has 25 heavy (non-hydrogen) atoms. The predicted octanol–water partition coefficient (Wildman–Crippen LogP) is 1.46. The predicted molar refractivity (Wildman–Crippen MR) is 94.0 cm³/mol. The zero-order valence-electron chi connectivity index (χ0n) is 14.3. The number of methoxy groups -OCH3 is 1. The van der Waals surface area contributed by atoms with Gasteiger partial charge in [-0.2, -0.15) is 0 Å². The maximum absolute atomic E-state index is 11.6. The molecule has 1 aromatic carbocycles. The van der Waals surface area contributed by atoms with Gasteiger partial charge in [-0.3, -0.25) is 4.90 Å². The van der Waals surface area contributed by atoms with Gasteiger partial charge >= 0.3 is 5.97 Å². The minimum absolute atomic E-state index is 0.284. The smallest absolute Gasteiger partial charge is 0.356 e. The van der Waals surface area contributed by atoms with Crippen molar-refractivity contribution in [1.82, 2.24) is 14.9 Å². The number of esters is 1. The van der Waals surface area contributed by atoms with Crippen LogP contribution in [0.2, 0.25) is 0 Å². The molecule has 0 spiro atoms. The van der Waals surface area contributed by atoms with Crippen LogP contribution in [0.3, 0.4) is 0 Å². The van der Waals surface area contributed by atoms with E-state index in [1.54, 1.807) is 6.07 Å². The molecule has 7 heteroatoms. The maximum Gasteiger partial charge on any atom is 0.356 e. The summed E-state index contributed by atoms with van der Waals surface area (Å²) in [5.74, 6) is 1.22. The van der Waals surface area contributed by atoms with E-state index in [0.717, 1.165) is 44.3 Å². The van der Waals surface area contributed by atoms with E-state index in [1.165, 1.54) is 13.4 Å². The first-order valence-electron chi connectivity index (χ1n) is 8.32. The highest BCUT2D eigenvalue weighted by molar-refractivity contribution is 5.87. The molecule has 1 aliphatic rings. The van der Waals surface area contributed by atoms with E-state index in [9.17, 15) is 4.79 Å². The van der Waals surface area contributed by atoms with Crippen molar-refractivity contribution in [3.8, 4) is 5.75 Å². The van der Waals surface area contributed by atoms with Crippen LogP contribution < -0.4 is 9.64 Å². The molecule has 2 aromatic rings. The second-order valence-electron chi connectivity index (χ2n) is 5.74. The molecule has 0 amide bonds. The number of carbonyl (C=O) groups is 1. The number of nitrogens with zero attached hydrogens (tertiary/aromatic N) is 4. The third-order valence-corrected chi connectivity index (χ3v) is 4.16. The molecular weight excluding hydrogens is 320 g/mol. The highest BCUT2D eigenvalue weighted by Crippen LogP contribution is 2.14. The summed E-state index contributed by atoms with van der Waals surface area (Å²) in [6.45, 7) is 5.11. The third kappa shape index (κ3) is 4.67. The summed E-state index contributed by atoms with van der Waals surface area (Å²) >= 11 is 0. The molecule has 0 bridgehead atoms. The molecular formula is C18H22N4O3. The van der Waals surface area contributed by atoms with Crippen molar-refractivity contribution in [1.29, 1.82) is 0 Å². The topological polar surface area (TPSA) is 67.8 Å². The number of anilines is 1. The highest BCUT2D eigenvalue weighted by atomic mass is 16.5. The van der Waals surface area contributed by atoms with Crippen LogP contribution >= 0.6 is 0 Å². The lowest BCUT2D eigenvalue weighted by molar-refractivity contribution is 0.0594. The second kappa shape index (κ2) is 8.43. The van der Waals surface area contributed by atoms with Crippen molar-refractivity contribution in [3.05, 3.63) is 48.4 Å². The van der Waals surface area contributed by atoms with Gasteiger partial charge in [0.05, 0.1) is 7.11 Å². The third-order valence-electron chi connectivity index (χ3n) is 4.16. The van der Waals surface area contributed by atoms with Crippen molar-refractivity contribution in [2.75, 3.05) is 51.3 Å². The molecule has 7 nitrogen and oxygen atoms in total. The fourth-order valence-corrected chi connectivity index (χ4v) is 2.75. The van der Waals surface area contributed by atoms with Gasteiger partial charge < -0.3 is 14.4 Å². The number of aromatic nitrogens is 2. The van der Waals surface area contributed by atoms with Gasteiger partial charge in [-0.25, -0.2) is 14.8 Å². The van der Waals surface area contributed by atoms with Gasteiger partial charge in [0.1, 0.15) is 24.5 Å². The average molecular weight is 342 g/mol. The van der Waals surface area contributed by atoms with Gasteiger partial charge in [-0.1, -0.05) is 18.2 Å². The first kappa shape index (κ1) is 17.2. The fraction of sp³-hybridized carbons (Fsp3) is 0.389. The van der Waals surface area contributed by atoms with Crippen LogP contribution in [-0.4, -0.2) is 67.3 Å². The van der Waals surface area contributed by atoms with Crippen LogP contribution in [0.4, 0.5) is 5.82 Å². The standard InChI is InChI=1S/C18H22N4O3/c1-24-18(23)16-13-17(20-14-19-16)22-9-7-21(8-10-22)11-12-25-15-5-3-2-4-6-15/h2-6,13-14H,7-12H2,1H3. The Morgan fingerprint density at radius 3 is 2.60 bits per heavy atom. The molecule has 0 radical (unpaired) electrons. The van der Waals surface area contributed by atoms with Crippen LogP contribution in [0.25, 0.3) is 0 Å². The largest absolute Gasteiger partial charge is 0.492 e. The molecule has 1 aromatic heterocycles. The Kier molecular flexibility index (Phi) is 5.79. The molecule has 0 atom stereocenters. The van der Waals surface area contributed by atoms with E-state index in [2.05, 4.69) is 19.8 Å². The van der Waals surface area contributed by atoms with E-state index in [1.807, 2.05) is 30.3 Å². The van der Waals surface area contributed by atoms with Crippen LogP contribution in [0, 0.1) is 0 Å². The van der Waals surface area contributed by atoms with Crippen molar-refractivity contribution in [2.24, 2.45) is 0 Å². The SMILES string of the molecule is COC(=O)c1cc(N2CCN(CCOc3ccccc3)CC2)ncn1. The Hall–Kier alpha value is -2.67. The first-order chi connectivity index (χ1) is 12.3. The zero-order valence-corrected chi connectivity index (χ0v) is 14.3. The molecule has 132 valence electrons. The van der Waals surface area contributed by atoms with Gasteiger partial charge in [0.2, 0.25) is 0 Å². The van der Waals surface area contributed by atoms with E-state index in [0.29, 0.717) is 6.61 Å². The molecule has 0 unspecified atom stereocenters. The summed E-state index contributed by atoms with van der Waals surface area (Å²) in [4.78, 5) is 24.3. The van der Waals surface area contributed by atoms with Crippen LogP contribution in [0.1, 0.15) is 10.5 Å². The van der Waals surface area contributed by atoms with Crippen molar-refractivity contribution in [2.45, 2.75) is 0 Å². The van der Waals surface area contributed by atoms with Crippen LogP contribution in [-0.2, 0) is 4.74 Å². The lowest BCUT2D eigenvalue weighted by Crippen LogP contribution is -2.47. The summed E-state index contributed by atoms with van der Waals surface area (Å²) in [5.41, 5.74) is 0.284. The van der Waals surface area contributed by atoms with Crippen molar-refractivity contribution in [3.63, 3.8) is 0 Å². The lowest BCUT2D eigenvalue weighted by Gasteiger charge is -2.35. The normalized spacial score (nSPS) is 15.0. The Bertz CT molecular complexity index is 688. The Labute approximate surface area is 147 Å². The van der Waals surface area contributed by atoms with E-state index in [-0.39, 0.29) is 5.69 Å². The number of benzene rings is 1. The number of carbonyl (C=O) groups excluding carboxylic acids is 1. The number of ether oxygens (including phenoxy) is 2. The number of piperazine rings is 1. The quantitative estimate of drug-likeness (QED) is 0.736. The Morgan fingerprint density at radius 2 is 1.88 bits per heavy atom. The number of hydrogen-bond acceptors (Lipinski definition) is 7. The number of rotatable bonds is 6. The fourth-order valence-electron chi connectivity index (χ4n) is 2.75. The van der Waals surface area contributed by atoms with Gasteiger partial charge in [0.15, 0.2) is 5.69 Å². The molecule has 3 rings (SSSR count). The zero-order chi connectivity index (χ0) is 17.5. The van der Waals surface area contributed by atoms with Crippen molar-refractivity contribution < 1.29 is 14.3 Å². The van der Waals surface area contributed by atoms with Gasteiger partial charge in [-0.15, -0.1) is 0 Å². The van der Waals surface area contributed by atoms with E-state index >= 15 is 0 Å². The minimum Gasteiger partial charge on any atom is -0.492 e. The van der Waals surface area contributed by atoms with Crippen molar-refractivity contribution >= 4 is 11.8 Å². The van der Waals surface area contributed by atoms with Crippen LogP contribution in [0.15, 0.2) is 42.7 Å². The summed E-state index contributed by atoms with van der Waals surface area (Å²) in [6.07, 6.45) is 1.40. The summed E-state index contributed by atoms with van der Waals surface area (Å²) in [5, 5.41) is 0. The Balaban J connectivity index is 1.46. The van der Waals surface area contributed by atoms with Gasteiger partial charge in [0, 0.05) is 38.8 Å². The number of para-hydroxylation sites is 1. The first-order valence-corrected chi connectivity index (χ1v) is 8.32. The highest BCUT2D eigenvalue weighted by Gasteiger charge is 2.19. The molecule has 1 aliphatic heterocycles. The molecule has 0 N–H and O–H groups in total. The maximum atomic E-state index is 11.6. The number of hydrogen-bond donors (Lipinski definition) is 0. The monoisotopic (exact) mass is 342 g/mol. The van der Waals surface area contributed by atoms with Crippen LogP contribution in [0.5, 0.6) is 5.75 Å². The minimum atomic E-state index is -0.444. The average Bonchev–Trinajstić information content (AvgIpc) is 2.69. The molecule has 2 heterocycles. The van der Waals surface area contributed by atoms with E-state index in [4.69, 9.17) is 9.47 Å². The Morgan fingerprint density at radius 1 is 1.12 bits per heavy atom. The summed E-state index contributed by atoms with van der Waals surface area (Å²) in [6, 6.07) is 11.5. The lowest BCUT2D eigenvalue weighted by atomic mass is 10.3. The molecule has 0 aliphatic carbocycles. The summed E-state index contributed by atoms with van der Waals surface area (Å²) in [7, 11) is 1.35. The van der Waals surface area contributed by atoms with Gasteiger partial charge in [-0.05, 0) is 12.1 Å². The van der Waals surface area contributed by atoms with Gasteiger partial charge in [0.25, 0.3) is 0 Å². The second-order valence-corrected chi connectivity index (χ2v) is 5.74. The molecule has 1 fully saturated rings.